The van der Waals surface area contributed by atoms with Gasteiger partial charge in [0.15, 0.2) is 18.2 Å². The second-order valence-electron chi connectivity index (χ2n) is 35.6. The molecule has 10 heterocycles. The number of fused-ring (bicyclic) bond motifs is 12. The summed E-state index contributed by atoms with van der Waals surface area (Å²) in [5.41, 5.74) is 21.0. The molecular formula is C108H100Cl7N9O17. The van der Waals surface area contributed by atoms with E-state index < -0.39 is 47.8 Å². The van der Waals surface area contributed by atoms with Gasteiger partial charge in [0.05, 0.1) is 45.2 Å². The van der Waals surface area contributed by atoms with Gasteiger partial charge in [0.2, 0.25) is 0 Å². The Kier molecular flexibility index (Phi) is 30.0. The van der Waals surface area contributed by atoms with E-state index in [4.69, 9.17) is 139 Å². The summed E-state index contributed by atoms with van der Waals surface area (Å²) < 4.78 is 62.7. The molecule has 7 N–H and O–H groups in total. The maximum atomic E-state index is 13.5. The fourth-order valence-corrected chi connectivity index (χ4v) is 20.0. The van der Waals surface area contributed by atoms with E-state index in [1.165, 1.54) is 5.56 Å². The molecule has 0 spiro atoms. The van der Waals surface area contributed by atoms with Gasteiger partial charge in [0.1, 0.15) is 64.4 Å². The van der Waals surface area contributed by atoms with Crippen molar-refractivity contribution in [1.82, 2.24) is 39.5 Å². The third kappa shape index (κ3) is 22.9. The largest absolute Gasteiger partial charge is 0.508 e. The Morgan fingerprint density at radius 3 is 0.894 bits per heavy atom. The van der Waals surface area contributed by atoms with E-state index in [9.17, 15) is 29.1 Å². The summed E-state index contributed by atoms with van der Waals surface area (Å²) in [5.74, 6) is 1.83. The quantitative estimate of drug-likeness (QED) is 0.0438. The second kappa shape index (κ2) is 42.9. The molecule has 6 aliphatic heterocycles. The van der Waals surface area contributed by atoms with Gasteiger partial charge in [-0.2, -0.15) is 0 Å². The van der Waals surface area contributed by atoms with Crippen molar-refractivity contribution in [2.75, 3.05) is 65.8 Å². The molecule has 11 aromatic carbocycles. The maximum absolute atomic E-state index is 13.5. The Morgan fingerprint density at radius 2 is 0.624 bits per heavy atom. The zero-order valence-electron chi connectivity index (χ0n) is 77.4. The first kappa shape index (κ1) is 98.4. The number of H-pyrrole nitrogens is 4. The molecule has 26 nitrogen and oxygen atoms in total. The Bertz CT molecular complexity index is 7070. The van der Waals surface area contributed by atoms with Crippen molar-refractivity contribution in [3.05, 3.63) is 345 Å². The molecule has 6 aliphatic rings. The van der Waals surface area contributed by atoms with Gasteiger partial charge in [-0.05, 0) is 299 Å². The topological polar surface area (TPSA) is 309 Å². The summed E-state index contributed by atoms with van der Waals surface area (Å²) in [6.07, 6.45) is 2.58. The lowest BCUT2D eigenvalue weighted by Crippen LogP contribution is -2.42. The van der Waals surface area contributed by atoms with Crippen LogP contribution in [0.15, 0.2) is 243 Å². The summed E-state index contributed by atoms with van der Waals surface area (Å²) in [6, 6.07) is 71.5. The lowest BCUT2D eigenvalue weighted by atomic mass is 9.92. The number of aromatic hydroxyl groups is 1. The Labute approximate surface area is 847 Å². The molecule has 141 heavy (non-hydrogen) atoms. The molecule has 0 saturated carbocycles. The number of nitrogens with one attached hydrogen (secondary N) is 4. The van der Waals surface area contributed by atoms with E-state index in [-0.39, 0.29) is 42.7 Å². The third-order valence-corrected chi connectivity index (χ3v) is 27.0. The minimum Gasteiger partial charge on any atom is -0.508 e. The number of carbonyl (C=O) groups excluding carboxylic acids is 5. The van der Waals surface area contributed by atoms with E-state index in [0.717, 1.165) is 136 Å². The monoisotopic (exact) mass is 2040 g/mol. The number of ether oxygens (including phenoxy) is 11. The number of halogens is 7. The van der Waals surface area contributed by atoms with Crippen LogP contribution < -0.4 is 34.2 Å². The summed E-state index contributed by atoms with van der Waals surface area (Å²) in [4.78, 5) is 84.9. The van der Waals surface area contributed by atoms with Crippen LogP contribution in [0.3, 0.4) is 0 Å². The molecule has 0 bridgehead atoms. The minimum atomic E-state index is -0.557. The number of aromatic nitrogens is 4. The van der Waals surface area contributed by atoms with Crippen LogP contribution in [0.25, 0.3) is 43.6 Å². The predicted octanol–water partition coefficient (Wildman–Crippen LogP) is 25.2. The number of benzene rings is 11. The molecule has 0 radical (unpaired) electrons. The molecule has 0 aliphatic carbocycles. The molecule has 33 heteroatoms. The van der Waals surface area contributed by atoms with Crippen LogP contribution in [0.1, 0.15) is 139 Å². The Morgan fingerprint density at radius 1 is 0.362 bits per heavy atom. The molecule has 4 aromatic heterocycles. The van der Waals surface area contributed by atoms with Gasteiger partial charge in [-0.1, -0.05) is 130 Å². The Balaban J connectivity index is 0.000000125. The van der Waals surface area contributed by atoms with Gasteiger partial charge < -0.3 is 82.9 Å². The lowest BCUT2D eigenvalue weighted by molar-refractivity contribution is -0.140. The van der Waals surface area contributed by atoms with Crippen molar-refractivity contribution in [2.24, 2.45) is 5.73 Å². The van der Waals surface area contributed by atoms with Gasteiger partial charge >= 0.3 is 24.4 Å². The van der Waals surface area contributed by atoms with Gasteiger partial charge in [0.25, 0.3) is 5.91 Å². The Hall–Kier alpha value is -12.8. The predicted molar refractivity (Wildman–Crippen MR) is 544 cm³/mol. The normalized spacial score (nSPS) is 18.1. The molecular weight excluding hydrogens is 1940 g/mol. The molecule has 6 atom stereocenters. The first-order valence-corrected chi connectivity index (χ1v) is 48.9. The average Bonchev–Trinajstić information content (AvgIpc) is 1.62. The molecule has 2 fully saturated rings. The number of primary amides is 1. The number of phenols is 1. The van der Waals surface area contributed by atoms with E-state index in [0.29, 0.717) is 137 Å². The van der Waals surface area contributed by atoms with Crippen LogP contribution in [0.2, 0.25) is 35.2 Å². The number of carbonyl (C=O) groups is 5. The standard InChI is InChI=1S/C31H30Cl2N2O5.C27H31ClN2O5.C26H21Cl2N3O4.C24H18Cl2N2O3/c1-31(2)38-18-24(40-31)14-16-37-22-8-3-19(4-9-22)29-28-25(26-17-21(33)7-12-27(26)34-28)13-15-35(29)30(36)39-23-10-5-20(32)6-11-23;1-4-32-26(31)30-13-11-21-22-15-18(28)7-10-23(22)29-24(21)25(30)17-5-8-19(9-6-17)33-14-12-20-16-34-27(2,3)35-20;27-16-3-8-19(9-4-16)35-26(33)31-12-11-20-21-13-17(28)5-10-22(21)30-24(20)25(31)15-1-6-18(7-2-15)34-14-23(29)32;25-15-3-8-18(9-4-15)31-24(30)28-12-11-19-20-13-16(26)5-10-21(20)27-22(19)23(28)14-1-6-17(29)7-2-14/h3-12,17,24,29,34H,13-16,18H2,1-2H3;5-10,15,20,25,29H,4,11-14,16H2,1-3H3;1-10,13,25,30H,11-12,14H2,(H2,29,32);1-10,13,23,27,29H,11-12H2/t24-,29?;20-,25?;;23-/m00.0/s1. The minimum absolute atomic E-state index is 0.0191. The highest BCUT2D eigenvalue weighted by molar-refractivity contribution is 6.33. The summed E-state index contributed by atoms with van der Waals surface area (Å²) in [5, 5.41) is 18.4. The number of nitrogens with two attached hydrogens (primary N) is 1. The van der Waals surface area contributed by atoms with Crippen LogP contribution in [0.5, 0.6) is 40.2 Å². The summed E-state index contributed by atoms with van der Waals surface area (Å²) in [6.45, 7) is 13.8. The molecule has 21 rings (SSSR count). The van der Waals surface area contributed by atoms with Gasteiger partial charge in [-0.3, -0.25) is 24.4 Å². The van der Waals surface area contributed by atoms with Crippen LogP contribution in [-0.4, -0.2) is 165 Å². The van der Waals surface area contributed by atoms with Gasteiger partial charge in [0, 0.05) is 141 Å². The summed E-state index contributed by atoms with van der Waals surface area (Å²) in [7, 11) is 0. The van der Waals surface area contributed by atoms with Crippen molar-refractivity contribution in [2.45, 2.75) is 121 Å². The number of hydrogen-bond acceptors (Lipinski definition) is 17. The maximum Gasteiger partial charge on any atom is 0.416 e. The third-order valence-electron chi connectivity index (χ3n) is 25.3. The zero-order valence-corrected chi connectivity index (χ0v) is 82.7. The number of hydrogen-bond donors (Lipinski definition) is 6. The molecule has 2 saturated heterocycles. The van der Waals surface area contributed by atoms with Crippen molar-refractivity contribution in [3.8, 4) is 40.2 Å². The SMILES string of the molecule is CC1(C)OC[C@H](CCOc2ccc(C3c4[nH]c5ccc(Cl)cc5c4CCN3C(=O)Oc3ccc(Cl)cc3)cc2)O1.CCOC(=O)N1CCc2c([nH]c3ccc(Cl)cc23)C1c1ccc(OCC[C@H]2COC(C)(C)O2)cc1.NC(=O)COc1ccc(C2c3[nH]c4ccc(Cl)cc4c3CCN2C(=O)Oc2ccc(Cl)cc2)cc1.O=C(Oc1ccc(Cl)cc1)N1CCc2c([nH]c3ccc(Cl)cc23)[C@@H]1c1ccc(O)cc1. The fraction of sp³-hybridized carbons (Fsp3) is 0.269. The second-order valence-corrected chi connectivity index (χ2v) is 38.7. The fourth-order valence-electron chi connectivity index (χ4n) is 18.9. The van der Waals surface area contributed by atoms with Crippen molar-refractivity contribution in [1.29, 1.82) is 0 Å². The number of nitrogens with zero attached hydrogens (tertiary/aromatic N) is 4. The van der Waals surface area contributed by atoms with Crippen molar-refractivity contribution >= 4 is 155 Å². The van der Waals surface area contributed by atoms with Crippen LogP contribution in [-0.2, 0) is 54.2 Å². The van der Waals surface area contributed by atoms with E-state index in [1.807, 2.05) is 180 Å². The number of aromatic amines is 4. The number of amides is 5. The highest BCUT2D eigenvalue weighted by atomic mass is 35.5. The molecule has 3 unspecified atom stereocenters. The van der Waals surface area contributed by atoms with Crippen LogP contribution in [0.4, 0.5) is 19.2 Å². The highest BCUT2D eigenvalue weighted by Crippen LogP contribution is 2.47. The van der Waals surface area contributed by atoms with Crippen LogP contribution in [0, 0.1) is 0 Å². The molecule has 728 valence electrons. The average molecular weight is 2040 g/mol. The van der Waals surface area contributed by atoms with Gasteiger partial charge in [-0.25, -0.2) is 19.2 Å². The molecule has 5 amide bonds. The molecule has 15 aromatic rings. The first-order chi connectivity index (χ1) is 68.0. The van der Waals surface area contributed by atoms with E-state index in [2.05, 4.69) is 19.9 Å². The zero-order chi connectivity index (χ0) is 98.5. The van der Waals surface area contributed by atoms with E-state index in [1.54, 1.807) is 117 Å². The summed E-state index contributed by atoms with van der Waals surface area (Å²) >= 11 is 43.0. The van der Waals surface area contributed by atoms with Crippen molar-refractivity contribution < 1.29 is 81.2 Å². The smallest absolute Gasteiger partial charge is 0.416 e. The van der Waals surface area contributed by atoms with Gasteiger partial charge in [-0.15, -0.1) is 0 Å². The number of rotatable bonds is 19. The lowest BCUT2D eigenvalue weighted by Gasteiger charge is -2.35. The van der Waals surface area contributed by atoms with Crippen LogP contribution >= 0.6 is 81.2 Å². The van der Waals surface area contributed by atoms with Crippen molar-refractivity contribution in [3.63, 3.8) is 0 Å². The first-order valence-electron chi connectivity index (χ1n) is 46.2. The van der Waals surface area contributed by atoms with E-state index >= 15 is 0 Å². The number of phenolic OH excluding ortho intramolecular Hbond substituents is 1. The highest BCUT2D eigenvalue weighted by Gasteiger charge is 2.42.